The molecule has 1 atom stereocenters. The number of carboxylic acids is 1. The van der Waals surface area contributed by atoms with E-state index in [2.05, 4.69) is 24.9 Å². The van der Waals surface area contributed by atoms with Crippen molar-refractivity contribution in [2.45, 2.75) is 32.9 Å². The third-order valence-corrected chi connectivity index (χ3v) is 2.77. The summed E-state index contributed by atoms with van der Waals surface area (Å²) in [5.41, 5.74) is 0.840. The second-order valence-electron chi connectivity index (χ2n) is 4.29. The highest BCUT2D eigenvalue weighted by atomic mass is 16.4. The van der Waals surface area contributed by atoms with E-state index in [9.17, 15) is 4.79 Å². The van der Waals surface area contributed by atoms with Crippen LogP contribution in [-0.2, 0) is 11.3 Å². The van der Waals surface area contributed by atoms with Crippen LogP contribution in [0.3, 0.4) is 0 Å². The maximum Gasteiger partial charge on any atom is 0.317 e. The fourth-order valence-corrected chi connectivity index (χ4v) is 1.61. The summed E-state index contributed by atoms with van der Waals surface area (Å²) in [6, 6.07) is 2.25. The molecule has 0 spiro atoms. The van der Waals surface area contributed by atoms with Crippen molar-refractivity contribution in [2.75, 3.05) is 13.1 Å². The molecule has 1 N–H and O–H groups in total. The minimum Gasteiger partial charge on any atom is -0.480 e. The number of aromatic nitrogens is 2. The van der Waals surface area contributed by atoms with Gasteiger partial charge in [-0.25, -0.2) is 0 Å². The van der Waals surface area contributed by atoms with Crippen LogP contribution in [0.5, 0.6) is 0 Å². The molecular formula is C13H19N3O2. The Balaban J connectivity index is 2.66. The maximum atomic E-state index is 10.7. The van der Waals surface area contributed by atoms with Crippen molar-refractivity contribution in [3.05, 3.63) is 18.0 Å². The highest BCUT2D eigenvalue weighted by Crippen LogP contribution is 2.10. The van der Waals surface area contributed by atoms with Gasteiger partial charge in [-0.1, -0.05) is 12.8 Å². The number of carboxylic acid groups (broad SMARTS) is 1. The Kier molecular flexibility index (Phi) is 5.40. The minimum absolute atomic E-state index is 0.0691. The Hall–Kier alpha value is -1.80. The van der Waals surface area contributed by atoms with E-state index in [1.54, 1.807) is 4.90 Å². The molecule has 0 saturated carbocycles. The lowest BCUT2D eigenvalue weighted by atomic mass is 10.3. The first-order valence-electron chi connectivity index (χ1n) is 5.98. The first kappa shape index (κ1) is 14.3. The molecule has 0 aliphatic rings. The summed E-state index contributed by atoms with van der Waals surface area (Å²) < 4.78 is 1.89. The molecule has 1 rings (SSSR count). The van der Waals surface area contributed by atoms with E-state index in [1.165, 1.54) is 0 Å². The number of nitrogens with zero attached hydrogens (tertiary/aromatic N) is 3. The van der Waals surface area contributed by atoms with Gasteiger partial charge in [0.15, 0.2) is 0 Å². The van der Waals surface area contributed by atoms with Gasteiger partial charge in [-0.15, -0.1) is 6.42 Å². The number of terminal acetylenes is 1. The predicted octanol–water partition coefficient (Wildman–Crippen LogP) is 1.37. The maximum absolute atomic E-state index is 10.7. The lowest BCUT2D eigenvalue weighted by molar-refractivity contribution is -0.138. The van der Waals surface area contributed by atoms with Crippen LogP contribution in [0, 0.1) is 12.3 Å². The lowest BCUT2D eigenvalue weighted by Gasteiger charge is -2.15. The van der Waals surface area contributed by atoms with E-state index in [1.807, 2.05) is 16.9 Å². The number of hydrogen-bond acceptors (Lipinski definition) is 3. The molecule has 1 unspecified atom stereocenters. The molecule has 0 bridgehead atoms. The molecule has 0 aromatic carbocycles. The zero-order valence-electron chi connectivity index (χ0n) is 10.8. The second-order valence-corrected chi connectivity index (χ2v) is 4.29. The quantitative estimate of drug-likeness (QED) is 0.742. The summed E-state index contributed by atoms with van der Waals surface area (Å²) in [6.07, 6.45) is 8.14. The number of hydrogen-bond donors (Lipinski definition) is 1. The number of carbonyl (C=O) groups is 1. The van der Waals surface area contributed by atoms with Crippen molar-refractivity contribution in [2.24, 2.45) is 0 Å². The van der Waals surface area contributed by atoms with Crippen LogP contribution >= 0.6 is 0 Å². The topological polar surface area (TPSA) is 58.4 Å². The van der Waals surface area contributed by atoms with E-state index in [0.29, 0.717) is 19.1 Å². The van der Waals surface area contributed by atoms with Crippen molar-refractivity contribution in [1.82, 2.24) is 14.7 Å². The fraction of sp³-hybridized carbons (Fsp3) is 0.538. The highest BCUT2D eigenvalue weighted by molar-refractivity contribution is 5.69. The second kappa shape index (κ2) is 6.82. The molecule has 0 radical (unpaired) electrons. The summed E-state index contributed by atoms with van der Waals surface area (Å²) in [5, 5.41) is 13.2. The van der Waals surface area contributed by atoms with Crippen LogP contribution in [0.15, 0.2) is 12.3 Å². The van der Waals surface area contributed by atoms with Crippen LogP contribution in [0.2, 0.25) is 0 Å². The first-order valence-corrected chi connectivity index (χ1v) is 5.98. The molecule has 1 aromatic heterocycles. The summed E-state index contributed by atoms with van der Waals surface area (Å²) in [6.45, 7) is 4.89. The summed E-state index contributed by atoms with van der Waals surface area (Å²) >= 11 is 0. The van der Waals surface area contributed by atoms with Crippen molar-refractivity contribution < 1.29 is 9.90 Å². The van der Waals surface area contributed by atoms with Crippen LogP contribution < -0.4 is 0 Å². The van der Waals surface area contributed by atoms with Gasteiger partial charge in [-0.2, -0.15) is 5.10 Å². The molecule has 5 heteroatoms. The van der Waals surface area contributed by atoms with Gasteiger partial charge in [0.2, 0.25) is 0 Å². The van der Waals surface area contributed by atoms with Crippen LogP contribution in [-0.4, -0.2) is 38.8 Å². The van der Waals surface area contributed by atoms with Gasteiger partial charge in [0.05, 0.1) is 18.8 Å². The van der Waals surface area contributed by atoms with Gasteiger partial charge in [0, 0.05) is 18.8 Å². The van der Waals surface area contributed by atoms with E-state index in [4.69, 9.17) is 11.5 Å². The Morgan fingerprint density at radius 2 is 2.44 bits per heavy atom. The number of rotatable bonds is 7. The van der Waals surface area contributed by atoms with E-state index < -0.39 is 5.97 Å². The predicted molar refractivity (Wildman–Crippen MR) is 69.0 cm³/mol. The Bertz CT molecular complexity index is 434. The van der Waals surface area contributed by atoms with E-state index >= 15 is 0 Å². The first-order chi connectivity index (χ1) is 8.56. The van der Waals surface area contributed by atoms with Crippen molar-refractivity contribution >= 4 is 5.97 Å². The highest BCUT2D eigenvalue weighted by Gasteiger charge is 2.11. The minimum atomic E-state index is -0.883. The summed E-state index contributed by atoms with van der Waals surface area (Å²) in [5.74, 6) is 1.58. The van der Waals surface area contributed by atoms with Crippen molar-refractivity contribution in [3.63, 3.8) is 0 Å². The van der Waals surface area contributed by atoms with Crippen LogP contribution in [0.4, 0.5) is 0 Å². The van der Waals surface area contributed by atoms with Gasteiger partial charge in [0.25, 0.3) is 0 Å². The zero-order chi connectivity index (χ0) is 13.5. The smallest absolute Gasteiger partial charge is 0.317 e. The van der Waals surface area contributed by atoms with Gasteiger partial charge in [-0.05, 0) is 19.4 Å². The third-order valence-electron chi connectivity index (χ3n) is 2.77. The Morgan fingerprint density at radius 1 is 1.72 bits per heavy atom. The number of aliphatic carboxylic acids is 1. The standard InChI is InChI=1S/C13H19N3O2/c1-4-7-15(10-13(17)18)9-12-6-8-16(14-12)11(3)5-2/h1,6,8,11H,5,7,9-10H2,2-3H3,(H,17,18). The average Bonchev–Trinajstić information content (AvgIpc) is 2.76. The molecule has 0 aliphatic carbocycles. The molecule has 18 heavy (non-hydrogen) atoms. The molecule has 0 amide bonds. The molecule has 0 fully saturated rings. The Labute approximate surface area is 107 Å². The van der Waals surface area contributed by atoms with Crippen LogP contribution in [0.25, 0.3) is 0 Å². The molecular weight excluding hydrogens is 230 g/mol. The SMILES string of the molecule is C#CCN(CC(=O)O)Cc1ccn(C(C)CC)n1. The lowest BCUT2D eigenvalue weighted by Crippen LogP contribution is -2.29. The zero-order valence-corrected chi connectivity index (χ0v) is 10.8. The normalized spacial score (nSPS) is 12.3. The van der Waals surface area contributed by atoms with E-state index in [-0.39, 0.29) is 6.54 Å². The van der Waals surface area contributed by atoms with Crippen molar-refractivity contribution in [3.8, 4) is 12.3 Å². The molecule has 1 aromatic rings. The molecule has 98 valence electrons. The van der Waals surface area contributed by atoms with Gasteiger partial charge in [-0.3, -0.25) is 14.4 Å². The van der Waals surface area contributed by atoms with Crippen molar-refractivity contribution in [1.29, 1.82) is 0 Å². The average molecular weight is 249 g/mol. The summed E-state index contributed by atoms with van der Waals surface area (Å²) in [7, 11) is 0. The molecule has 5 nitrogen and oxygen atoms in total. The van der Waals surface area contributed by atoms with Gasteiger partial charge < -0.3 is 5.11 Å². The summed E-state index contributed by atoms with van der Waals surface area (Å²) in [4.78, 5) is 12.4. The monoisotopic (exact) mass is 249 g/mol. The Morgan fingerprint density at radius 3 is 3.00 bits per heavy atom. The van der Waals surface area contributed by atoms with Gasteiger partial charge in [0.1, 0.15) is 0 Å². The molecule has 0 aliphatic heterocycles. The van der Waals surface area contributed by atoms with E-state index in [0.717, 1.165) is 12.1 Å². The largest absolute Gasteiger partial charge is 0.480 e. The van der Waals surface area contributed by atoms with Crippen LogP contribution in [0.1, 0.15) is 32.0 Å². The fourth-order valence-electron chi connectivity index (χ4n) is 1.61. The third kappa shape index (κ3) is 4.22. The van der Waals surface area contributed by atoms with Gasteiger partial charge >= 0.3 is 5.97 Å². The molecule has 1 heterocycles. The molecule has 0 saturated heterocycles.